The number of benzene rings is 2. The van der Waals surface area contributed by atoms with E-state index < -0.39 is 0 Å². The lowest BCUT2D eigenvalue weighted by molar-refractivity contribution is 0.0947. The normalized spacial score (nSPS) is 13.7. The summed E-state index contributed by atoms with van der Waals surface area (Å²) in [7, 11) is 0. The van der Waals surface area contributed by atoms with Crippen molar-refractivity contribution in [3.63, 3.8) is 0 Å². The number of hydrogen-bond donors (Lipinski definition) is 1. The Bertz CT molecular complexity index is 1310. The zero-order valence-corrected chi connectivity index (χ0v) is 21.3. The second-order valence-electron chi connectivity index (χ2n) is 9.09. The molecule has 0 bridgehead atoms. The van der Waals surface area contributed by atoms with Crippen molar-refractivity contribution in [1.82, 2.24) is 20.4 Å². The second kappa shape index (κ2) is 11.5. The average Bonchev–Trinajstić information content (AvgIpc) is 3.58. The fourth-order valence-electron chi connectivity index (χ4n) is 4.52. The molecule has 1 amide bonds. The third-order valence-corrected chi connectivity index (χ3v) is 7.41. The lowest BCUT2D eigenvalue weighted by Gasteiger charge is -2.15. The molecule has 6 nitrogen and oxygen atoms in total. The molecule has 1 saturated heterocycles. The van der Waals surface area contributed by atoms with Gasteiger partial charge in [0.2, 0.25) is 0 Å². The van der Waals surface area contributed by atoms with Crippen LogP contribution < -0.4 is 5.32 Å². The third kappa shape index (κ3) is 6.04. The quantitative estimate of drug-likeness (QED) is 0.291. The van der Waals surface area contributed by atoms with Crippen LogP contribution in [0.2, 0.25) is 0 Å². The van der Waals surface area contributed by atoms with Gasteiger partial charge in [0, 0.05) is 31.1 Å². The number of likely N-dealkylation sites (tertiary alicyclic amines) is 1. The lowest BCUT2D eigenvalue weighted by Crippen LogP contribution is -2.24. The zero-order valence-electron chi connectivity index (χ0n) is 20.4. The summed E-state index contributed by atoms with van der Waals surface area (Å²) in [5, 5.41) is 7.80. The van der Waals surface area contributed by atoms with Crippen molar-refractivity contribution in [1.29, 1.82) is 0 Å². The minimum absolute atomic E-state index is 0.141. The molecule has 4 aromatic rings. The Morgan fingerprint density at radius 1 is 1.06 bits per heavy atom. The van der Waals surface area contributed by atoms with E-state index in [1.54, 1.807) is 12.3 Å². The number of rotatable bonds is 9. The Balaban J connectivity index is 1.25. The SMILES string of the molecule is Cc1cc(CSc2ncccc2C(=O)NCc2ccccc2-c2ccc(CN3CCCC3)cc2)no1. The molecule has 2 aromatic heterocycles. The fourth-order valence-corrected chi connectivity index (χ4v) is 5.39. The molecule has 1 N–H and O–H groups in total. The van der Waals surface area contributed by atoms with Crippen LogP contribution in [0.5, 0.6) is 0 Å². The van der Waals surface area contributed by atoms with Crippen molar-refractivity contribution >= 4 is 17.7 Å². The first-order valence-corrected chi connectivity index (χ1v) is 13.3. The molecule has 184 valence electrons. The molecule has 7 heteroatoms. The molecule has 0 radical (unpaired) electrons. The van der Waals surface area contributed by atoms with Gasteiger partial charge in [-0.2, -0.15) is 0 Å². The van der Waals surface area contributed by atoms with Gasteiger partial charge in [0.05, 0.1) is 11.3 Å². The van der Waals surface area contributed by atoms with E-state index in [1.807, 2.05) is 31.2 Å². The number of aryl methyl sites for hydroxylation is 1. The maximum absolute atomic E-state index is 13.1. The molecule has 5 rings (SSSR count). The average molecular weight is 499 g/mol. The van der Waals surface area contributed by atoms with Crippen molar-refractivity contribution < 1.29 is 9.32 Å². The highest BCUT2D eigenvalue weighted by Gasteiger charge is 2.15. The first kappa shape index (κ1) is 24.3. The van der Waals surface area contributed by atoms with Gasteiger partial charge in [0.15, 0.2) is 0 Å². The van der Waals surface area contributed by atoms with Crippen molar-refractivity contribution in [3.05, 3.63) is 101 Å². The van der Waals surface area contributed by atoms with Gasteiger partial charge in [-0.3, -0.25) is 9.69 Å². The van der Waals surface area contributed by atoms with Gasteiger partial charge >= 0.3 is 0 Å². The molecular weight excluding hydrogens is 468 g/mol. The van der Waals surface area contributed by atoms with Gasteiger partial charge in [-0.15, -0.1) is 0 Å². The topological polar surface area (TPSA) is 71.3 Å². The maximum atomic E-state index is 13.1. The maximum Gasteiger partial charge on any atom is 0.254 e. The van der Waals surface area contributed by atoms with Gasteiger partial charge in [0.25, 0.3) is 5.91 Å². The van der Waals surface area contributed by atoms with Crippen LogP contribution in [0.4, 0.5) is 0 Å². The first-order chi connectivity index (χ1) is 17.7. The van der Waals surface area contributed by atoms with Gasteiger partial charge in [-0.1, -0.05) is 65.4 Å². The molecule has 0 aliphatic carbocycles. The molecule has 1 aliphatic heterocycles. The Hall–Kier alpha value is -3.42. The summed E-state index contributed by atoms with van der Waals surface area (Å²) in [6.45, 7) is 5.70. The van der Waals surface area contributed by atoms with Crippen molar-refractivity contribution in [2.24, 2.45) is 0 Å². The molecule has 36 heavy (non-hydrogen) atoms. The van der Waals surface area contributed by atoms with E-state index in [9.17, 15) is 4.79 Å². The smallest absolute Gasteiger partial charge is 0.254 e. The van der Waals surface area contributed by atoms with Crippen LogP contribution in [0.3, 0.4) is 0 Å². The number of thioether (sulfide) groups is 1. The van der Waals surface area contributed by atoms with Gasteiger partial charge in [-0.05, 0) is 67.2 Å². The van der Waals surface area contributed by atoms with Crippen molar-refractivity contribution in [2.75, 3.05) is 13.1 Å². The Morgan fingerprint density at radius 3 is 2.64 bits per heavy atom. The largest absolute Gasteiger partial charge is 0.361 e. The number of carbonyl (C=O) groups is 1. The van der Waals surface area contributed by atoms with Crippen LogP contribution in [0, 0.1) is 6.92 Å². The summed E-state index contributed by atoms with van der Waals surface area (Å²) in [5.74, 6) is 1.22. The predicted octanol–water partition coefficient (Wildman–Crippen LogP) is 5.86. The number of carbonyl (C=O) groups excluding carboxylic acids is 1. The molecule has 0 spiro atoms. The van der Waals surface area contributed by atoms with E-state index in [4.69, 9.17) is 4.52 Å². The number of hydrogen-bond acceptors (Lipinski definition) is 6. The van der Waals surface area contributed by atoms with Crippen molar-refractivity contribution in [2.45, 2.75) is 43.6 Å². The second-order valence-corrected chi connectivity index (χ2v) is 10.1. The molecule has 0 saturated carbocycles. The summed E-state index contributed by atoms with van der Waals surface area (Å²) >= 11 is 1.48. The fraction of sp³-hybridized carbons (Fsp3) is 0.276. The van der Waals surface area contributed by atoms with Crippen LogP contribution in [-0.4, -0.2) is 34.0 Å². The van der Waals surface area contributed by atoms with E-state index in [2.05, 4.69) is 56.8 Å². The molecule has 0 atom stereocenters. The monoisotopic (exact) mass is 498 g/mol. The molecule has 2 aromatic carbocycles. The number of pyridine rings is 1. The lowest BCUT2D eigenvalue weighted by atomic mass is 9.98. The van der Waals surface area contributed by atoms with E-state index in [0.717, 1.165) is 34.7 Å². The Labute approximate surface area is 216 Å². The highest BCUT2D eigenvalue weighted by molar-refractivity contribution is 7.98. The standard InChI is InChI=1S/C29H30N4O2S/c1-21-17-25(32-35-21)20-36-29-27(9-6-14-30-29)28(34)31-18-24-7-2-3-8-26(24)23-12-10-22(11-13-23)19-33-15-4-5-16-33/h2-3,6-14,17H,4-5,15-16,18-20H2,1H3,(H,31,34). The van der Waals surface area contributed by atoms with E-state index in [0.29, 0.717) is 22.9 Å². The van der Waals surface area contributed by atoms with Crippen molar-refractivity contribution in [3.8, 4) is 11.1 Å². The number of amides is 1. The van der Waals surface area contributed by atoms with Crippen LogP contribution in [0.15, 0.2) is 82.5 Å². The summed E-state index contributed by atoms with van der Waals surface area (Å²) in [6, 6.07) is 22.5. The van der Waals surface area contributed by atoms with E-state index >= 15 is 0 Å². The van der Waals surface area contributed by atoms with Gasteiger partial charge in [0.1, 0.15) is 10.8 Å². The van der Waals surface area contributed by atoms with Crippen LogP contribution in [-0.2, 0) is 18.8 Å². The highest BCUT2D eigenvalue weighted by Crippen LogP contribution is 2.26. The van der Waals surface area contributed by atoms with Crippen LogP contribution in [0.1, 0.15) is 45.8 Å². The summed E-state index contributed by atoms with van der Waals surface area (Å²) in [5.41, 5.74) is 6.10. The summed E-state index contributed by atoms with van der Waals surface area (Å²) in [6.07, 6.45) is 4.31. The van der Waals surface area contributed by atoms with Gasteiger partial charge in [-0.25, -0.2) is 4.98 Å². The highest BCUT2D eigenvalue weighted by atomic mass is 32.2. The summed E-state index contributed by atoms with van der Waals surface area (Å²) < 4.78 is 5.14. The minimum atomic E-state index is -0.141. The first-order valence-electron chi connectivity index (χ1n) is 12.3. The number of nitrogens with one attached hydrogen (secondary N) is 1. The van der Waals surface area contributed by atoms with E-state index in [-0.39, 0.29) is 5.91 Å². The molecular formula is C29H30N4O2S. The molecule has 3 heterocycles. The van der Waals surface area contributed by atoms with Crippen LogP contribution in [0.25, 0.3) is 11.1 Å². The Kier molecular flexibility index (Phi) is 7.79. The Morgan fingerprint density at radius 2 is 1.86 bits per heavy atom. The van der Waals surface area contributed by atoms with E-state index in [1.165, 1.54) is 43.3 Å². The molecule has 1 fully saturated rings. The number of aromatic nitrogens is 2. The molecule has 1 aliphatic rings. The zero-order chi connectivity index (χ0) is 24.7. The summed E-state index contributed by atoms with van der Waals surface area (Å²) in [4.78, 5) is 20.0. The third-order valence-electron chi connectivity index (χ3n) is 6.38. The van der Waals surface area contributed by atoms with Crippen LogP contribution >= 0.6 is 11.8 Å². The predicted molar refractivity (Wildman–Crippen MR) is 143 cm³/mol. The molecule has 0 unspecified atom stereocenters. The number of nitrogens with zero attached hydrogens (tertiary/aromatic N) is 3. The minimum Gasteiger partial charge on any atom is -0.361 e. The van der Waals surface area contributed by atoms with Gasteiger partial charge < -0.3 is 9.84 Å².